The molecule has 0 saturated carbocycles. The molecule has 3 rings (SSSR count). The molecule has 0 spiro atoms. The van der Waals surface area contributed by atoms with Crippen molar-refractivity contribution < 1.29 is 13.6 Å². The van der Waals surface area contributed by atoms with E-state index >= 15 is 0 Å². The number of nitrogens with zero attached hydrogens (tertiary/aromatic N) is 1. The minimum Gasteiger partial charge on any atom is -0.324 e. The minimum absolute atomic E-state index is 0.0325. The average Bonchev–Trinajstić information content (AvgIpc) is 2.91. The Bertz CT molecular complexity index is 1040. The van der Waals surface area contributed by atoms with Gasteiger partial charge in [0, 0.05) is 17.7 Å². The molecular weight excluding hydrogens is 352 g/mol. The van der Waals surface area contributed by atoms with E-state index in [4.69, 9.17) is 0 Å². The van der Waals surface area contributed by atoms with Crippen molar-refractivity contribution in [2.45, 2.75) is 26.7 Å². The first-order valence-corrected chi connectivity index (χ1v) is 8.47. The van der Waals surface area contributed by atoms with Gasteiger partial charge in [0.1, 0.15) is 11.6 Å². The molecule has 3 aromatic rings. The van der Waals surface area contributed by atoms with Gasteiger partial charge >= 0.3 is 0 Å². The van der Waals surface area contributed by atoms with Crippen LogP contribution in [0.2, 0.25) is 0 Å². The van der Waals surface area contributed by atoms with E-state index in [1.165, 1.54) is 35.0 Å². The second-order valence-electron chi connectivity index (χ2n) is 6.36. The molecule has 2 N–H and O–H groups in total. The Morgan fingerprint density at radius 3 is 2.52 bits per heavy atom. The highest BCUT2D eigenvalue weighted by atomic mass is 19.1. The molecule has 0 aliphatic rings. The molecule has 5 nitrogen and oxygen atoms in total. The number of hydrogen-bond donors (Lipinski definition) is 2. The van der Waals surface area contributed by atoms with Crippen LogP contribution in [0.5, 0.6) is 0 Å². The summed E-state index contributed by atoms with van der Waals surface area (Å²) in [4.78, 5) is 24.7. The lowest BCUT2D eigenvalue weighted by Crippen LogP contribution is -2.19. The van der Waals surface area contributed by atoms with Crippen molar-refractivity contribution in [2.24, 2.45) is 0 Å². The predicted octanol–water partition coefficient (Wildman–Crippen LogP) is 3.63. The molecule has 0 aliphatic carbocycles. The number of hydrogen-bond acceptors (Lipinski definition) is 2. The lowest BCUT2D eigenvalue weighted by atomic mass is 10.1. The van der Waals surface area contributed by atoms with Gasteiger partial charge in [0.25, 0.3) is 5.56 Å². The van der Waals surface area contributed by atoms with Crippen LogP contribution >= 0.6 is 0 Å². The number of anilines is 1. The largest absolute Gasteiger partial charge is 0.324 e. The summed E-state index contributed by atoms with van der Waals surface area (Å²) in [6.45, 7) is 3.53. The summed E-state index contributed by atoms with van der Waals surface area (Å²) < 4.78 is 28.1. The van der Waals surface area contributed by atoms with Gasteiger partial charge in [-0.15, -0.1) is 0 Å². The lowest BCUT2D eigenvalue weighted by molar-refractivity contribution is -0.116. The van der Waals surface area contributed by atoms with Crippen molar-refractivity contribution in [3.63, 3.8) is 0 Å². The van der Waals surface area contributed by atoms with E-state index < -0.39 is 11.6 Å². The number of nitrogens with one attached hydrogen (secondary N) is 2. The number of amides is 1. The van der Waals surface area contributed by atoms with Crippen LogP contribution in [0, 0.1) is 25.5 Å². The Hall–Kier alpha value is -3.22. The first-order chi connectivity index (χ1) is 12.8. The zero-order valence-electron chi connectivity index (χ0n) is 15.0. The maximum Gasteiger partial charge on any atom is 0.274 e. The Morgan fingerprint density at radius 2 is 1.81 bits per heavy atom. The number of carbonyl (C=O) groups excluding carboxylic acids is 1. The third-order valence-electron chi connectivity index (χ3n) is 4.28. The number of aryl methyl sites for hydroxylation is 2. The highest BCUT2D eigenvalue weighted by Gasteiger charge is 2.15. The van der Waals surface area contributed by atoms with Crippen LogP contribution in [-0.4, -0.2) is 15.7 Å². The molecule has 0 atom stereocenters. The van der Waals surface area contributed by atoms with E-state index in [2.05, 4.69) is 10.4 Å². The van der Waals surface area contributed by atoms with E-state index in [1.807, 2.05) is 0 Å². The normalized spacial score (nSPS) is 10.8. The third kappa shape index (κ3) is 4.13. The van der Waals surface area contributed by atoms with Crippen LogP contribution in [0.15, 0.2) is 47.3 Å². The van der Waals surface area contributed by atoms with Gasteiger partial charge in [0.15, 0.2) is 0 Å². The zero-order chi connectivity index (χ0) is 19.6. The molecule has 0 unspecified atom stereocenters. The fourth-order valence-electron chi connectivity index (χ4n) is 2.83. The van der Waals surface area contributed by atoms with E-state index in [9.17, 15) is 18.4 Å². The van der Waals surface area contributed by atoms with Gasteiger partial charge in [-0.25, -0.2) is 13.5 Å². The fraction of sp³-hybridized carbons (Fsp3) is 0.200. The second-order valence-corrected chi connectivity index (χ2v) is 6.36. The highest BCUT2D eigenvalue weighted by molar-refractivity contribution is 5.91. The molecule has 27 heavy (non-hydrogen) atoms. The van der Waals surface area contributed by atoms with Gasteiger partial charge < -0.3 is 5.32 Å². The zero-order valence-corrected chi connectivity index (χ0v) is 15.0. The summed E-state index contributed by atoms with van der Waals surface area (Å²) >= 11 is 0. The Balaban J connectivity index is 1.73. The summed E-state index contributed by atoms with van der Waals surface area (Å²) in [6, 6.07) is 9.97. The second kappa shape index (κ2) is 7.57. The number of rotatable bonds is 5. The van der Waals surface area contributed by atoms with Crippen LogP contribution in [0.3, 0.4) is 0 Å². The van der Waals surface area contributed by atoms with Crippen LogP contribution in [-0.2, 0) is 11.2 Å². The number of benzene rings is 2. The maximum absolute atomic E-state index is 13.7. The summed E-state index contributed by atoms with van der Waals surface area (Å²) in [6.07, 6.45) is 0.235. The minimum atomic E-state index is -0.509. The molecule has 0 fully saturated rings. The fourth-order valence-corrected chi connectivity index (χ4v) is 2.83. The number of carbonyl (C=O) groups is 1. The van der Waals surface area contributed by atoms with Crippen LogP contribution < -0.4 is 10.9 Å². The number of aromatic nitrogens is 2. The molecule has 140 valence electrons. The van der Waals surface area contributed by atoms with E-state index in [1.54, 1.807) is 26.0 Å². The molecule has 1 aromatic heterocycles. The molecule has 7 heteroatoms. The number of halogens is 2. The summed E-state index contributed by atoms with van der Waals surface area (Å²) in [5.74, 6) is -1.28. The van der Waals surface area contributed by atoms with Crippen molar-refractivity contribution in [1.29, 1.82) is 0 Å². The quantitative estimate of drug-likeness (QED) is 0.719. The van der Waals surface area contributed by atoms with Crippen molar-refractivity contribution in [1.82, 2.24) is 9.78 Å². The summed E-state index contributed by atoms with van der Waals surface area (Å²) in [7, 11) is 0. The summed E-state index contributed by atoms with van der Waals surface area (Å²) in [5.41, 5.74) is 2.23. The SMILES string of the molecule is Cc1ccc(F)c(NC(=O)CCc2c(C)[nH]n(-c3ccc(F)cc3)c2=O)c1. The van der Waals surface area contributed by atoms with Crippen molar-refractivity contribution in [3.8, 4) is 5.69 Å². The Labute approximate surface area is 154 Å². The molecular formula is C20H19F2N3O2. The van der Waals surface area contributed by atoms with E-state index in [0.717, 1.165) is 5.56 Å². The third-order valence-corrected chi connectivity index (χ3v) is 4.28. The van der Waals surface area contributed by atoms with Gasteiger partial charge in [-0.05, 0) is 62.2 Å². The van der Waals surface area contributed by atoms with Crippen molar-refractivity contribution in [2.75, 3.05) is 5.32 Å². The van der Waals surface area contributed by atoms with Crippen molar-refractivity contribution >= 4 is 11.6 Å². The van der Waals surface area contributed by atoms with Gasteiger partial charge in [0.2, 0.25) is 5.91 Å². The van der Waals surface area contributed by atoms with Crippen LogP contribution in [0.1, 0.15) is 23.2 Å². The molecule has 1 amide bonds. The van der Waals surface area contributed by atoms with Gasteiger partial charge in [-0.3, -0.25) is 14.7 Å². The maximum atomic E-state index is 13.7. The first kappa shape index (κ1) is 18.6. The molecule has 2 aromatic carbocycles. The van der Waals surface area contributed by atoms with Gasteiger partial charge in [-0.2, -0.15) is 0 Å². The number of aromatic amines is 1. The number of H-pyrrole nitrogens is 1. The van der Waals surface area contributed by atoms with E-state index in [0.29, 0.717) is 16.9 Å². The Morgan fingerprint density at radius 1 is 1.11 bits per heavy atom. The standard InChI is InChI=1S/C20H19F2N3O2/c1-12-3-9-17(22)18(11-12)23-19(26)10-8-16-13(2)24-25(20(16)27)15-6-4-14(21)5-7-15/h3-7,9,11,24H,8,10H2,1-2H3,(H,23,26). The molecule has 0 radical (unpaired) electrons. The monoisotopic (exact) mass is 371 g/mol. The highest BCUT2D eigenvalue weighted by Crippen LogP contribution is 2.16. The van der Waals surface area contributed by atoms with Crippen molar-refractivity contribution in [3.05, 3.63) is 81.3 Å². The topological polar surface area (TPSA) is 66.9 Å². The van der Waals surface area contributed by atoms with E-state index in [-0.39, 0.29) is 30.0 Å². The lowest BCUT2D eigenvalue weighted by Gasteiger charge is -2.07. The van der Waals surface area contributed by atoms with Crippen LogP contribution in [0.25, 0.3) is 5.69 Å². The molecule has 1 heterocycles. The average molecular weight is 371 g/mol. The smallest absolute Gasteiger partial charge is 0.274 e. The molecule has 0 bridgehead atoms. The van der Waals surface area contributed by atoms with Gasteiger partial charge in [0.05, 0.1) is 11.4 Å². The predicted molar refractivity (Wildman–Crippen MR) is 99.2 cm³/mol. The first-order valence-electron chi connectivity index (χ1n) is 8.47. The van der Waals surface area contributed by atoms with Crippen LogP contribution in [0.4, 0.5) is 14.5 Å². The molecule has 0 saturated heterocycles. The molecule has 0 aliphatic heterocycles. The summed E-state index contributed by atoms with van der Waals surface area (Å²) in [5, 5.41) is 5.46. The van der Waals surface area contributed by atoms with Gasteiger partial charge in [-0.1, -0.05) is 6.07 Å². The Kier molecular flexibility index (Phi) is 5.21.